The Labute approximate surface area is 99.4 Å². The van der Waals surface area contributed by atoms with Gasteiger partial charge in [-0.15, -0.1) is 0 Å². The summed E-state index contributed by atoms with van der Waals surface area (Å²) < 4.78 is 0. The lowest BCUT2D eigenvalue weighted by Crippen LogP contribution is -2.33. The predicted molar refractivity (Wildman–Crippen MR) is 63.5 cm³/mol. The van der Waals surface area contributed by atoms with Crippen LogP contribution in [0, 0.1) is 11.3 Å². The third-order valence-corrected chi connectivity index (χ3v) is 2.39. The van der Waals surface area contributed by atoms with Crippen molar-refractivity contribution in [3.05, 3.63) is 28.8 Å². The fraction of sp³-hybridized carbons (Fsp3) is 0.273. The Morgan fingerprint density at radius 3 is 2.88 bits per heavy atom. The Hall–Kier alpha value is -1.73. The number of carbonyl (C=O) groups excluding carboxylic acids is 1. The van der Waals surface area contributed by atoms with Gasteiger partial charge in [-0.05, 0) is 18.2 Å². The summed E-state index contributed by atoms with van der Waals surface area (Å²) in [5.74, 6) is -0.110. The first-order valence-electron chi connectivity index (χ1n) is 4.70. The maximum Gasteiger partial charge on any atom is 0.239 e. The highest BCUT2D eigenvalue weighted by molar-refractivity contribution is 6.30. The third-order valence-electron chi connectivity index (χ3n) is 2.15. The Morgan fingerprint density at radius 2 is 2.31 bits per heavy atom. The van der Waals surface area contributed by atoms with Gasteiger partial charge >= 0.3 is 0 Å². The number of nitriles is 1. The van der Waals surface area contributed by atoms with Crippen LogP contribution in [0.3, 0.4) is 0 Å². The van der Waals surface area contributed by atoms with Gasteiger partial charge in [0.25, 0.3) is 0 Å². The molecule has 0 atom stereocenters. The number of nitrogens with zero attached hydrogens (tertiary/aromatic N) is 2. The lowest BCUT2D eigenvalue weighted by atomic mass is 10.2. The van der Waals surface area contributed by atoms with Crippen molar-refractivity contribution in [2.75, 3.05) is 25.5 Å². The van der Waals surface area contributed by atoms with Gasteiger partial charge in [-0.2, -0.15) is 5.26 Å². The van der Waals surface area contributed by atoms with Crippen LogP contribution in [0.15, 0.2) is 18.2 Å². The molecule has 0 saturated heterocycles. The highest BCUT2D eigenvalue weighted by atomic mass is 35.5. The molecule has 0 aromatic heterocycles. The molecule has 0 saturated carbocycles. The van der Waals surface area contributed by atoms with E-state index in [0.717, 1.165) is 0 Å². The minimum absolute atomic E-state index is 0.110. The molecule has 1 amide bonds. The molecule has 0 unspecified atom stereocenters. The number of nitrogens with one attached hydrogen (secondary N) is 1. The monoisotopic (exact) mass is 237 g/mol. The topological polar surface area (TPSA) is 56.1 Å². The van der Waals surface area contributed by atoms with Crippen molar-refractivity contribution in [3.63, 3.8) is 0 Å². The average Bonchev–Trinajstić information content (AvgIpc) is 2.28. The normalized spacial score (nSPS) is 9.38. The molecular formula is C11H12ClN3O. The molecule has 1 N–H and O–H groups in total. The zero-order valence-corrected chi connectivity index (χ0v) is 9.88. The maximum atomic E-state index is 11.2. The second-order valence-corrected chi connectivity index (χ2v) is 3.74. The average molecular weight is 238 g/mol. The van der Waals surface area contributed by atoms with Crippen LogP contribution >= 0.6 is 11.6 Å². The smallest absolute Gasteiger partial charge is 0.239 e. The number of anilines is 1. The van der Waals surface area contributed by atoms with Crippen molar-refractivity contribution in [2.45, 2.75) is 0 Å². The first kappa shape index (κ1) is 12.3. The maximum absolute atomic E-state index is 11.2. The van der Waals surface area contributed by atoms with E-state index in [2.05, 4.69) is 11.4 Å². The van der Waals surface area contributed by atoms with E-state index < -0.39 is 0 Å². The first-order chi connectivity index (χ1) is 7.58. The third kappa shape index (κ3) is 2.88. The van der Waals surface area contributed by atoms with E-state index in [1.165, 1.54) is 0 Å². The summed E-state index contributed by atoms with van der Waals surface area (Å²) in [7, 11) is 3.32. The van der Waals surface area contributed by atoms with E-state index in [-0.39, 0.29) is 12.5 Å². The number of amides is 1. The van der Waals surface area contributed by atoms with Crippen LogP contribution < -0.4 is 10.2 Å². The van der Waals surface area contributed by atoms with Gasteiger partial charge in [0.15, 0.2) is 0 Å². The molecule has 1 aromatic rings. The zero-order chi connectivity index (χ0) is 12.1. The van der Waals surface area contributed by atoms with Gasteiger partial charge < -0.3 is 10.2 Å². The Kier molecular flexibility index (Phi) is 4.15. The molecule has 0 aliphatic heterocycles. The number of rotatable bonds is 3. The lowest BCUT2D eigenvalue weighted by Gasteiger charge is -2.19. The summed E-state index contributed by atoms with van der Waals surface area (Å²) in [5, 5.41) is 12.0. The molecule has 0 bridgehead atoms. The highest BCUT2D eigenvalue weighted by Crippen LogP contribution is 2.22. The van der Waals surface area contributed by atoms with Crippen molar-refractivity contribution < 1.29 is 4.79 Å². The van der Waals surface area contributed by atoms with Crippen LogP contribution in [0.25, 0.3) is 0 Å². The quantitative estimate of drug-likeness (QED) is 0.865. The number of hydrogen-bond donors (Lipinski definition) is 1. The molecule has 0 radical (unpaired) electrons. The largest absolute Gasteiger partial charge is 0.364 e. The molecule has 0 spiro atoms. The molecule has 84 valence electrons. The summed E-state index contributed by atoms with van der Waals surface area (Å²) in [6, 6.07) is 7.05. The Morgan fingerprint density at radius 1 is 1.62 bits per heavy atom. The van der Waals surface area contributed by atoms with Gasteiger partial charge in [-0.25, -0.2) is 0 Å². The van der Waals surface area contributed by atoms with Gasteiger partial charge in [-0.1, -0.05) is 11.6 Å². The van der Waals surface area contributed by atoms with Crippen molar-refractivity contribution in [1.82, 2.24) is 5.32 Å². The molecule has 1 aromatic carbocycles. The summed E-state index contributed by atoms with van der Waals surface area (Å²) in [5.41, 5.74) is 1.15. The van der Waals surface area contributed by atoms with Gasteiger partial charge in [0.05, 0.1) is 17.8 Å². The van der Waals surface area contributed by atoms with Crippen molar-refractivity contribution in [3.8, 4) is 6.07 Å². The predicted octanol–water partition coefficient (Wildman–Crippen LogP) is 1.39. The minimum atomic E-state index is -0.110. The van der Waals surface area contributed by atoms with Crippen LogP contribution in [-0.4, -0.2) is 26.5 Å². The molecular weight excluding hydrogens is 226 g/mol. The molecule has 4 nitrogen and oxygen atoms in total. The molecule has 0 aliphatic carbocycles. The lowest BCUT2D eigenvalue weighted by molar-refractivity contribution is -0.119. The van der Waals surface area contributed by atoms with E-state index in [1.807, 2.05) is 0 Å². The molecule has 1 rings (SSSR count). The summed E-state index contributed by atoms with van der Waals surface area (Å²) >= 11 is 5.78. The SMILES string of the molecule is CNC(=O)CN(C)c1ccc(Cl)cc1C#N. The van der Waals surface area contributed by atoms with Crippen molar-refractivity contribution >= 4 is 23.2 Å². The Balaban J connectivity index is 2.95. The van der Waals surface area contributed by atoms with Gasteiger partial charge in [0, 0.05) is 19.1 Å². The van der Waals surface area contributed by atoms with E-state index in [0.29, 0.717) is 16.3 Å². The van der Waals surface area contributed by atoms with Crippen LogP contribution in [-0.2, 0) is 4.79 Å². The van der Waals surface area contributed by atoms with E-state index in [4.69, 9.17) is 16.9 Å². The van der Waals surface area contributed by atoms with E-state index in [1.54, 1.807) is 37.2 Å². The van der Waals surface area contributed by atoms with Crippen LogP contribution in [0.2, 0.25) is 5.02 Å². The number of likely N-dealkylation sites (N-methyl/N-ethyl adjacent to an activating group) is 2. The molecule has 0 aliphatic rings. The highest BCUT2D eigenvalue weighted by Gasteiger charge is 2.10. The fourth-order valence-electron chi connectivity index (χ4n) is 1.31. The molecule has 16 heavy (non-hydrogen) atoms. The molecule has 5 heteroatoms. The van der Waals surface area contributed by atoms with Crippen LogP contribution in [0.1, 0.15) is 5.56 Å². The first-order valence-corrected chi connectivity index (χ1v) is 5.07. The second kappa shape index (κ2) is 5.38. The summed E-state index contributed by atoms with van der Waals surface area (Å²) in [4.78, 5) is 12.9. The summed E-state index contributed by atoms with van der Waals surface area (Å²) in [6.45, 7) is 0.201. The molecule has 0 fully saturated rings. The zero-order valence-electron chi connectivity index (χ0n) is 9.12. The van der Waals surface area contributed by atoms with Crippen LogP contribution in [0.5, 0.6) is 0 Å². The van der Waals surface area contributed by atoms with Gasteiger partial charge in [0.2, 0.25) is 5.91 Å². The number of carbonyl (C=O) groups is 1. The van der Waals surface area contributed by atoms with Gasteiger partial charge in [0.1, 0.15) is 6.07 Å². The minimum Gasteiger partial charge on any atom is -0.364 e. The van der Waals surface area contributed by atoms with E-state index in [9.17, 15) is 4.79 Å². The Bertz CT molecular complexity index is 439. The van der Waals surface area contributed by atoms with Gasteiger partial charge in [-0.3, -0.25) is 4.79 Å². The standard InChI is InChI=1S/C11H12ClN3O/c1-14-11(16)7-15(2)10-4-3-9(12)5-8(10)6-13/h3-5H,7H2,1-2H3,(H,14,16). The van der Waals surface area contributed by atoms with Crippen molar-refractivity contribution in [1.29, 1.82) is 5.26 Å². The van der Waals surface area contributed by atoms with Crippen molar-refractivity contribution in [2.24, 2.45) is 0 Å². The number of hydrogen-bond acceptors (Lipinski definition) is 3. The van der Waals surface area contributed by atoms with Crippen LogP contribution in [0.4, 0.5) is 5.69 Å². The summed E-state index contributed by atoms with van der Waals surface area (Å²) in [6.07, 6.45) is 0. The molecule has 0 heterocycles. The number of halogens is 1. The number of benzene rings is 1. The fourth-order valence-corrected chi connectivity index (χ4v) is 1.48. The van der Waals surface area contributed by atoms with E-state index >= 15 is 0 Å². The second-order valence-electron chi connectivity index (χ2n) is 3.30.